The van der Waals surface area contributed by atoms with Crippen LogP contribution in [0.4, 0.5) is 0 Å². The molecule has 1 N–H and O–H groups in total. The molecule has 1 saturated carbocycles. The van der Waals surface area contributed by atoms with Crippen LogP contribution < -0.4 is 14.8 Å². The largest absolute Gasteiger partial charge is 0.493 e. The Labute approximate surface area is 143 Å². The molecule has 1 amide bonds. The molecule has 1 aromatic rings. The molecule has 0 aromatic heterocycles. The van der Waals surface area contributed by atoms with Gasteiger partial charge in [-0.25, -0.2) is 0 Å². The van der Waals surface area contributed by atoms with Crippen molar-refractivity contribution in [2.24, 2.45) is 0 Å². The van der Waals surface area contributed by atoms with Gasteiger partial charge in [-0.3, -0.25) is 9.69 Å². The van der Waals surface area contributed by atoms with Gasteiger partial charge in [-0.2, -0.15) is 0 Å². The van der Waals surface area contributed by atoms with Gasteiger partial charge in [0.1, 0.15) is 0 Å². The maximum Gasteiger partial charge on any atom is 0.251 e. The number of morpholine rings is 1. The molecule has 1 unspecified atom stereocenters. The van der Waals surface area contributed by atoms with Gasteiger partial charge in [-0.05, 0) is 31.9 Å². The van der Waals surface area contributed by atoms with E-state index < -0.39 is 0 Å². The van der Waals surface area contributed by atoms with E-state index in [0.717, 1.165) is 31.3 Å². The van der Waals surface area contributed by atoms with E-state index in [1.165, 1.54) is 12.8 Å². The molecule has 132 valence electrons. The average Bonchev–Trinajstić information content (AvgIpc) is 3.44. The van der Waals surface area contributed by atoms with E-state index in [1.807, 2.05) is 6.92 Å². The van der Waals surface area contributed by atoms with Crippen molar-refractivity contribution >= 4 is 5.91 Å². The van der Waals surface area contributed by atoms with Crippen molar-refractivity contribution in [2.75, 3.05) is 40.5 Å². The number of amides is 1. The number of methoxy groups -OCH3 is 2. The summed E-state index contributed by atoms with van der Waals surface area (Å²) in [5.74, 6) is 1.11. The molecular weight excluding hydrogens is 308 g/mol. The zero-order valence-electron chi connectivity index (χ0n) is 14.6. The summed E-state index contributed by atoms with van der Waals surface area (Å²) in [4.78, 5) is 15.0. The fraction of sp³-hybridized carbons (Fsp3) is 0.611. The first-order valence-corrected chi connectivity index (χ1v) is 8.49. The van der Waals surface area contributed by atoms with E-state index in [1.54, 1.807) is 26.4 Å². The van der Waals surface area contributed by atoms with Gasteiger partial charge in [0.05, 0.1) is 26.9 Å². The number of benzene rings is 1. The Morgan fingerprint density at radius 3 is 2.79 bits per heavy atom. The Morgan fingerprint density at radius 1 is 1.33 bits per heavy atom. The van der Waals surface area contributed by atoms with Gasteiger partial charge in [-0.1, -0.05) is 0 Å². The van der Waals surface area contributed by atoms with Crippen molar-refractivity contribution < 1.29 is 19.0 Å². The summed E-state index contributed by atoms with van der Waals surface area (Å²) in [6.45, 7) is 5.03. The third-order valence-corrected chi connectivity index (χ3v) is 4.76. The first-order chi connectivity index (χ1) is 11.6. The highest BCUT2D eigenvalue weighted by atomic mass is 16.5. The number of nitrogens with one attached hydrogen (secondary N) is 1. The average molecular weight is 334 g/mol. The highest BCUT2D eigenvalue weighted by Gasteiger charge is 2.33. The van der Waals surface area contributed by atoms with Crippen LogP contribution in [0.25, 0.3) is 0 Å². The molecule has 1 saturated heterocycles. The molecule has 24 heavy (non-hydrogen) atoms. The second-order valence-electron chi connectivity index (χ2n) is 6.40. The quantitative estimate of drug-likeness (QED) is 0.856. The SMILES string of the molecule is COc1ccc(C(=O)NCC2CN(C3CC3)CCO2)c(C)c1OC. The maximum atomic E-state index is 12.5. The van der Waals surface area contributed by atoms with Crippen molar-refractivity contribution in [3.63, 3.8) is 0 Å². The molecule has 6 nitrogen and oxygen atoms in total. The number of hydrogen-bond donors (Lipinski definition) is 1. The number of nitrogens with zero attached hydrogens (tertiary/aromatic N) is 1. The highest BCUT2D eigenvalue weighted by Crippen LogP contribution is 2.32. The standard InChI is InChI=1S/C18H26N2O4/c1-12-15(6-7-16(22-2)17(12)23-3)18(21)19-10-14-11-20(8-9-24-14)13-4-5-13/h6-7,13-14H,4-5,8-11H2,1-3H3,(H,19,21). The van der Waals surface area contributed by atoms with Gasteiger partial charge < -0.3 is 19.5 Å². The molecule has 3 rings (SSSR count). The fourth-order valence-electron chi connectivity index (χ4n) is 3.27. The smallest absolute Gasteiger partial charge is 0.251 e. The molecule has 1 heterocycles. The Bertz CT molecular complexity index is 601. The first-order valence-electron chi connectivity index (χ1n) is 8.49. The minimum atomic E-state index is -0.111. The minimum Gasteiger partial charge on any atom is -0.493 e. The van der Waals surface area contributed by atoms with Gasteiger partial charge in [-0.15, -0.1) is 0 Å². The summed E-state index contributed by atoms with van der Waals surface area (Å²) >= 11 is 0. The van der Waals surface area contributed by atoms with Crippen molar-refractivity contribution in [1.82, 2.24) is 10.2 Å². The van der Waals surface area contributed by atoms with Crippen LogP contribution in [0.3, 0.4) is 0 Å². The summed E-state index contributed by atoms with van der Waals surface area (Å²) in [6.07, 6.45) is 2.65. The van der Waals surface area contributed by atoms with Gasteiger partial charge >= 0.3 is 0 Å². The predicted octanol–water partition coefficient (Wildman–Crippen LogP) is 1.61. The molecule has 6 heteroatoms. The van der Waals surface area contributed by atoms with E-state index in [-0.39, 0.29) is 12.0 Å². The lowest BCUT2D eigenvalue weighted by atomic mass is 10.1. The third-order valence-electron chi connectivity index (χ3n) is 4.76. The second kappa shape index (κ2) is 7.40. The van der Waals surface area contributed by atoms with Crippen LogP contribution in [0.2, 0.25) is 0 Å². The van der Waals surface area contributed by atoms with Crippen LogP contribution in [-0.4, -0.2) is 63.4 Å². The van der Waals surface area contributed by atoms with Crippen LogP contribution in [0.1, 0.15) is 28.8 Å². The lowest BCUT2D eigenvalue weighted by molar-refractivity contribution is -0.0293. The molecule has 0 radical (unpaired) electrons. The van der Waals surface area contributed by atoms with Crippen LogP contribution in [-0.2, 0) is 4.74 Å². The number of hydrogen-bond acceptors (Lipinski definition) is 5. The van der Waals surface area contributed by atoms with Crippen molar-refractivity contribution in [1.29, 1.82) is 0 Å². The van der Waals surface area contributed by atoms with Crippen LogP contribution in [0, 0.1) is 6.92 Å². The van der Waals surface area contributed by atoms with Gasteiger partial charge in [0.25, 0.3) is 5.91 Å². The lowest BCUT2D eigenvalue weighted by Gasteiger charge is -2.33. The summed E-state index contributed by atoms with van der Waals surface area (Å²) < 4.78 is 16.4. The first kappa shape index (κ1) is 17.0. The summed E-state index contributed by atoms with van der Waals surface area (Å²) in [5, 5.41) is 2.99. The molecular formula is C18H26N2O4. The van der Waals surface area contributed by atoms with E-state index in [0.29, 0.717) is 23.6 Å². The minimum absolute atomic E-state index is 0.0590. The summed E-state index contributed by atoms with van der Waals surface area (Å²) in [6, 6.07) is 4.26. The van der Waals surface area contributed by atoms with E-state index >= 15 is 0 Å². The topological polar surface area (TPSA) is 60.0 Å². The predicted molar refractivity (Wildman–Crippen MR) is 91.0 cm³/mol. The van der Waals surface area contributed by atoms with Crippen molar-refractivity contribution in [2.45, 2.75) is 31.9 Å². The molecule has 0 spiro atoms. The third kappa shape index (κ3) is 3.65. The monoisotopic (exact) mass is 334 g/mol. The highest BCUT2D eigenvalue weighted by molar-refractivity contribution is 5.96. The molecule has 1 atom stereocenters. The van der Waals surface area contributed by atoms with Gasteiger partial charge in [0.2, 0.25) is 0 Å². The summed E-state index contributed by atoms with van der Waals surface area (Å²) in [7, 11) is 3.16. The second-order valence-corrected chi connectivity index (χ2v) is 6.40. The van der Waals surface area contributed by atoms with Gasteiger partial charge in [0.15, 0.2) is 11.5 Å². The van der Waals surface area contributed by atoms with Crippen molar-refractivity contribution in [3.8, 4) is 11.5 Å². The van der Waals surface area contributed by atoms with Crippen LogP contribution >= 0.6 is 0 Å². The summed E-state index contributed by atoms with van der Waals surface area (Å²) in [5.41, 5.74) is 1.38. The van der Waals surface area contributed by atoms with Gasteiger partial charge in [0, 0.05) is 36.8 Å². The zero-order valence-corrected chi connectivity index (χ0v) is 14.6. The van der Waals surface area contributed by atoms with Crippen LogP contribution in [0.5, 0.6) is 11.5 Å². The lowest BCUT2D eigenvalue weighted by Crippen LogP contribution is -2.48. The number of rotatable bonds is 6. The number of ether oxygens (including phenoxy) is 3. The Hall–Kier alpha value is -1.79. The molecule has 0 bridgehead atoms. The Balaban J connectivity index is 1.60. The molecule has 1 aliphatic carbocycles. The normalized spacial score (nSPS) is 21.4. The van der Waals surface area contributed by atoms with E-state index in [2.05, 4.69) is 10.2 Å². The number of carbonyl (C=O) groups excluding carboxylic acids is 1. The molecule has 1 aromatic carbocycles. The van der Waals surface area contributed by atoms with E-state index in [9.17, 15) is 4.79 Å². The maximum absolute atomic E-state index is 12.5. The zero-order chi connectivity index (χ0) is 17.1. The molecule has 2 fully saturated rings. The molecule has 2 aliphatic rings. The fourth-order valence-corrected chi connectivity index (χ4v) is 3.27. The Morgan fingerprint density at radius 2 is 2.12 bits per heavy atom. The Kier molecular flexibility index (Phi) is 5.26. The number of carbonyl (C=O) groups is 1. The van der Waals surface area contributed by atoms with Crippen LogP contribution in [0.15, 0.2) is 12.1 Å². The van der Waals surface area contributed by atoms with E-state index in [4.69, 9.17) is 14.2 Å². The molecule has 1 aliphatic heterocycles. The van der Waals surface area contributed by atoms with Crippen molar-refractivity contribution in [3.05, 3.63) is 23.3 Å².